The van der Waals surface area contributed by atoms with Crippen LogP contribution in [0.4, 0.5) is 9.59 Å². The highest BCUT2D eigenvalue weighted by molar-refractivity contribution is 5.81. The van der Waals surface area contributed by atoms with Gasteiger partial charge in [0, 0.05) is 5.56 Å². The molecule has 2 fully saturated rings. The maximum atomic E-state index is 12.9. The van der Waals surface area contributed by atoms with Crippen LogP contribution in [0.1, 0.15) is 23.0 Å². The number of amides is 2. The fraction of sp³-hybridized carbons (Fsp3) is 0.364. The molecule has 0 saturated carbocycles. The van der Waals surface area contributed by atoms with Crippen molar-refractivity contribution in [2.45, 2.75) is 56.2 Å². The molecule has 46 heavy (non-hydrogen) atoms. The Hall–Kier alpha value is -4.53. The van der Waals surface area contributed by atoms with Gasteiger partial charge in [-0.15, -0.1) is 0 Å². The molecule has 5 rings (SSSR count). The van der Waals surface area contributed by atoms with Crippen LogP contribution >= 0.6 is 0 Å². The van der Waals surface area contributed by atoms with Crippen LogP contribution in [-0.2, 0) is 51.2 Å². The van der Waals surface area contributed by atoms with E-state index in [2.05, 4.69) is 10.6 Å². The van der Waals surface area contributed by atoms with Crippen molar-refractivity contribution in [1.29, 1.82) is 0 Å². The first-order chi connectivity index (χ1) is 22.4. The van der Waals surface area contributed by atoms with Gasteiger partial charge in [0.1, 0.15) is 37.6 Å². The SMILES string of the molecule is COC(=O)[C@H](CO[C@@H]1O[C@@H]2COC(c3ccccc3)O[C@H]2[C@H](O)[C@H]1NC(=O)OCc1ccccc1)NC(=O)OCc1ccccc1. The van der Waals surface area contributed by atoms with Crippen LogP contribution in [0.5, 0.6) is 0 Å². The van der Waals surface area contributed by atoms with Crippen molar-refractivity contribution < 1.29 is 52.6 Å². The van der Waals surface area contributed by atoms with Crippen molar-refractivity contribution >= 4 is 18.2 Å². The number of hydrogen-bond acceptors (Lipinski definition) is 11. The molecule has 1 unspecified atom stereocenters. The maximum absolute atomic E-state index is 12.9. The van der Waals surface area contributed by atoms with E-state index in [4.69, 9.17) is 33.2 Å². The third-order valence-electron chi connectivity index (χ3n) is 7.35. The van der Waals surface area contributed by atoms with Gasteiger partial charge in [0.15, 0.2) is 18.6 Å². The Morgan fingerprint density at radius 3 is 2.04 bits per heavy atom. The molecule has 7 atom stereocenters. The topological polar surface area (TPSA) is 160 Å². The third kappa shape index (κ3) is 8.80. The quantitative estimate of drug-likeness (QED) is 0.210. The van der Waals surface area contributed by atoms with E-state index in [0.29, 0.717) is 0 Å². The first-order valence-electron chi connectivity index (χ1n) is 14.7. The van der Waals surface area contributed by atoms with Crippen LogP contribution in [0, 0.1) is 0 Å². The maximum Gasteiger partial charge on any atom is 0.408 e. The summed E-state index contributed by atoms with van der Waals surface area (Å²) < 4.78 is 39.4. The summed E-state index contributed by atoms with van der Waals surface area (Å²) in [5, 5.41) is 16.5. The van der Waals surface area contributed by atoms with Gasteiger partial charge in [0.25, 0.3) is 0 Å². The molecule has 13 heteroatoms. The number of aliphatic hydroxyl groups is 1. The summed E-state index contributed by atoms with van der Waals surface area (Å²) >= 11 is 0. The predicted molar refractivity (Wildman–Crippen MR) is 160 cm³/mol. The normalized spacial score (nSPS) is 24.5. The number of alkyl carbamates (subject to hydrolysis) is 2. The molecule has 2 aliphatic rings. The van der Waals surface area contributed by atoms with Gasteiger partial charge in [0.05, 0.1) is 20.3 Å². The minimum absolute atomic E-state index is 0.0201. The van der Waals surface area contributed by atoms with Crippen molar-refractivity contribution in [2.75, 3.05) is 20.3 Å². The lowest BCUT2D eigenvalue weighted by molar-refractivity contribution is -0.344. The summed E-state index contributed by atoms with van der Waals surface area (Å²) in [5.74, 6) is -0.812. The highest BCUT2D eigenvalue weighted by Crippen LogP contribution is 2.34. The summed E-state index contributed by atoms with van der Waals surface area (Å²) in [7, 11) is 1.16. The summed E-state index contributed by atoms with van der Waals surface area (Å²) in [4.78, 5) is 37.9. The highest BCUT2D eigenvalue weighted by Gasteiger charge is 2.51. The van der Waals surface area contributed by atoms with Crippen LogP contribution in [0.3, 0.4) is 0 Å². The zero-order valence-corrected chi connectivity index (χ0v) is 25.1. The van der Waals surface area contributed by atoms with Crippen LogP contribution < -0.4 is 10.6 Å². The number of carbonyl (C=O) groups excluding carboxylic acids is 3. The molecule has 3 aromatic rings. The van der Waals surface area contributed by atoms with E-state index in [9.17, 15) is 19.5 Å². The van der Waals surface area contributed by atoms with E-state index in [-0.39, 0.29) is 19.8 Å². The Kier molecular flexibility index (Phi) is 11.5. The summed E-state index contributed by atoms with van der Waals surface area (Å²) in [6, 6.07) is 24.7. The zero-order chi connectivity index (χ0) is 32.3. The van der Waals surface area contributed by atoms with Gasteiger partial charge >= 0.3 is 18.2 Å². The monoisotopic (exact) mass is 636 g/mol. The van der Waals surface area contributed by atoms with Crippen molar-refractivity contribution in [3.05, 3.63) is 108 Å². The highest BCUT2D eigenvalue weighted by atomic mass is 16.7. The Morgan fingerprint density at radius 1 is 0.848 bits per heavy atom. The fourth-order valence-corrected chi connectivity index (χ4v) is 4.98. The Bertz CT molecular complexity index is 1410. The molecule has 0 aliphatic carbocycles. The van der Waals surface area contributed by atoms with E-state index < -0.39 is 67.7 Å². The van der Waals surface area contributed by atoms with Crippen LogP contribution in [-0.4, -0.2) is 80.3 Å². The smallest absolute Gasteiger partial charge is 0.408 e. The van der Waals surface area contributed by atoms with Crippen molar-refractivity contribution in [2.24, 2.45) is 0 Å². The first-order valence-corrected chi connectivity index (χ1v) is 14.7. The molecule has 0 bridgehead atoms. The number of fused-ring (bicyclic) bond motifs is 1. The summed E-state index contributed by atoms with van der Waals surface area (Å²) in [5.41, 5.74) is 2.25. The first kappa shape index (κ1) is 32.9. The van der Waals surface area contributed by atoms with Gasteiger partial charge in [-0.1, -0.05) is 91.0 Å². The van der Waals surface area contributed by atoms with Crippen LogP contribution in [0.15, 0.2) is 91.0 Å². The Labute approximate surface area is 265 Å². The molecule has 244 valence electrons. The lowest BCUT2D eigenvalue weighted by Gasteiger charge is -2.47. The van der Waals surface area contributed by atoms with Crippen LogP contribution in [0.25, 0.3) is 0 Å². The number of nitrogens with one attached hydrogen (secondary N) is 2. The number of benzene rings is 3. The molecule has 0 radical (unpaired) electrons. The molecule has 13 nitrogen and oxygen atoms in total. The largest absolute Gasteiger partial charge is 0.467 e. The number of esters is 1. The third-order valence-corrected chi connectivity index (χ3v) is 7.35. The average Bonchev–Trinajstić information content (AvgIpc) is 3.10. The number of carbonyl (C=O) groups is 3. The van der Waals surface area contributed by atoms with E-state index in [1.807, 2.05) is 54.6 Å². The number of methoxy groups -OCH3 is 1. The van der Waals surface area contributed by atoms with Gasteiger partial charge in [0.2, 0.25) is 0 Å². The minimum Gasteiger partial charge on any atom is -0.467 e. The summed E-state index contributed by atoms with van der Waals surface area (Å²) in [6.45, 7) is -0.457. The van der Waals surface area contributed by atoms with Crippen LogP contribution in [0.2, 0.25) is 0 Å². The molecule has 2 saturated heterocycles. The van der Waals surface area contributed by atoms with E-state index in [0.717, 1.165) is 23.8 Å². The molecule has 2 amide bonds. The lowest BCUT2D eigenvalue weighted by atomic mass is 9.96. The van der Waals surface area contributed by atoms with Crippen molar-refractivity contribution in [3.8, 4) is 0 Å². The van der Waals surface area contributed by atoms with Gasteiger partial charge in [-0.25, -0.2) is 14.4 Å². The number of aliphatic hydroxyl groups excluding tert-OH is 1. The number of hydrogen-bond donors (Lipinski definition) is 3. The summed E-state index contributed by atoms with van der Waals surface area (Å²) in [6.07, 6.45) is -6.87. The molecule has 3 N–H and O–H groups in total. The second kappa shape index (κ2) is 16.2. The second-order valence-electron chi connectivity index (χ2n) is 10.6. The zero-order valence-electron chi connectivity index (χ0n) is 25.1. The molecular formula is C33H36N2O11. The molecule has 3 aromatic carbocycles. The van der Waals surface area contributed by atoms with E-state index in [1.54, 1.807) is 36.4 Å². The van der Waals surface area contributed by atoms with Gasteiger partial charge < -0.3 is 48.9 Å². The fourth-order valence-electron chi connectivity index (χ4n) is 4.98. The van der Waals surface area contributed by atoms with E-state index in [1.165, 1.54) is 0 Å². The van der Waals surface area contributed by atoms with Gasteiger partial charge in [-0.2, -0.15) is 0 Å². The predicted octanol–water partition coefficient (Wildman–Crippen LogP) is 2.97. The molecule has 2 heterocycles. The molecule has 2 aliphatic heterocycles. The van der Waals surface area contributed by atoms with E-state index >= 15 is 0 Å². The molecular weight excluding hydrogens is 600 g/mol. The average molecular weight is 637 g/mol. The van der Waals surface area contributed by atoms with Gasteiger partial charge in [-0.3, -0.25) is 0 Å². The Morgan fingerprint density at radius 2 is 1.43 bits per heavy atom. The number of ether oxygens (including phenoxy) is 7. The van der Waals surface area contributed by atoms with Gasteiger partial charge in [-0.05, 0) is 11.1 Å². The van der Waals surface area contributed by atoms with Crippen molar-refractivity contribution in [3.63, 3.8) is 0 Å². The minimum atomic E-state index is -1.34. The Balaban J connectivity index is 1.26. The molecule has 0 aromatic heterocycles. The molecule has 0 spiro atoms. The second-order valence-corrected chi connectivity index (χ2v) is 10.6. The van der Waals surface area contributed by atoms with Crippen molar-refractivity contribution in [1.82, 2.24) is 10.6 Å². The number of rotatable bonds is 11. The lowest BCUT2D eigenvalue weighted by Crippen LogP contribution is -2.67. The standard InChI is InChI=1S/C33H36N2O11/c1-40-29(37)24(34-32(38)43-17-21-11-5-2-6-12-21)19-41-31-26(35-33(39)44-18-22-13-7-3-8-14-22)27(36)28-25(45-31)20-42-30(46-28)23-15-9-4-10-16-23/h2-16,24-28,30-31,36H,17-20H2,1H3,(H,34,38)(H,35,39)/t24-,25+,26+,27+,28+,30?,31+/m0/s1.